The van der Waals surface area contributed by atoms with Crippen LogP contribution >= 0.6 is 0 Å². The second-order valence-corrected chi connectivity index (χ2v) is 13.7. The van der Waals surface area contributed by atoms with Gasteiger partial charge in [-0.1, -0.05) is 36.5 Å². The molecule has 0 amide bonds. The van der Waals surface area contributed by atoms with E-state index >= 15 is 0 Å². The maximum atomic E-state index is 7.57. The highest BCUT2D eigenvalue weighted by molar-refractivity contribution is 6.88. The largest absolute Gasteiger partial charge is 0.453 e. The van der Waals surface area contributed by atoms with Crippen molar-refractivity contribution in [2.75, 3.05) is 6.61 Å². The maximum absolute atomic E-state index is 7.57. The zero-order valence-electron chi connectivity index (χ0n) is 15.5. The average molecular weight is 365 g/mol. The molecule has 0 radical (unpaired) electrons. The molecule has 0 saturated carbocycles. The van der Waals surface area contributed by atoms with Crippen LogP contribution in [0.5, 0.6) is 0 Å². The molecule has 0 aromatic heterocycles. The van der Waals surface area contributed by atoms with Crippen molar-refractivity contribution in [1.82, 2.24) is 0 Å². The smallest absolute Gasteiger partial charge is 0.191 e. The molecule has 24 heavy (non-hydrogen) atoms. The van der Waals surface area contributed by atoms with Gasteiger partial charge in [0.25, 0.3) is 0 Å². The van der Waals surface area contributed by atoms with Crippen molar-refractivity contribution in [3.05, 3.63) is 75.9 Å². The Hall–Kier alpha value is -1.21. The molecule has 0 aromatic carbocycles. The summed E-state index contributed by atoms with van der Waals surface area (Å²) >= 11 is 0. The minimum absolute atomic E-state index is 0.250. The van der Waals surface area contributed by atoms with Crippen molar-refractivity contribution in [2.24, 2.45) is 0 Å². The fourth-order valence-corrected chi connectivity index (χ4v) is 12.6. The zero-order chi connectivity index (χ0) is 18.9. The van der Waals surface area contributed by atoms with Crippen LogP contribution in [0.25, 0.3) is 0 Å². The van der Waals surface area contributed by atoms with Gasteiger partial charge in [0.2, 0.25) is 0 Å². The highest BCUT2D eigenvalue weighted by atomic mass is 28.4. The second kappa shape index (κ2) is 15.3. The summed E-state index contributed by atoms with van der Waals surface area (Å²) in [6, 6.07) is 5.53. The van der Waals surface area contributed by atoms with Crippen LogP contribution in [-0.2, 0) is 4.12 Å². The lowest BCUT2D eigenvalue weighted by molar-refractivity contribution is 0.318. The van der Waals surface area contributed by atoms with Gasteiger partial charge < -0.3 is 9.22 Å². The lowest BCUT2D eigenvalue weighted by Gasteiger charge is -2.40. The van der Waals surface area contributed by atoms with E-state index in [0.29, 0.717) is 0 Å². The molecule has 0 aromatic rings. The van der Waals surface area contributed by atoms with E-state index in [1.54, 1.807) is 6.92 Å². The predicted octanol–water partition coefficient (Wildman–Crippen LogP) is 6.01. The minimum atomic E-state index is -1.98. The lowest BCUT2D eigenvalue weighted by Crippen LogP contribution is -2.50. The molecular weight excluding hydrogens is 328 g/mol. The van der Waals surface area contributed by atoms with Gasteiger partial charge in [0.15, 0.2) is 16.6 Å². The van der Waals surface area contributed by atoms with Crippen molar-refractivity contribution in [1.29, 1.82) is 0 Å². The van der Waals surface area contributed by atoms with Crippen molar-refractivity contribution in [2.45, 2.75) is 43.2 Å². The number of aliphatic hydroxyl groups excluding tert-OH is 1. The summed E-state index contributed by atoms with van der Waals surface area (Å²) in [4.78, 5) is 0. The molecule has 4 heteroatoms. The van der Waals surface area contributed by atoms with Gasteiger partial charge in [0, 0.05) is 6.61 Å². The summed E-state index contributed by atoms with van der Waals surface area (Å²) < 4.78 is 6.92. The first kappa shape index (κ1) is 25.0. The monoisotopic (exact) mass is 364 g/mol. The predicted molar refractivity (Wildman–Crippen MR) is 115 cm³/mol. The quantitative estimate of drug-likeness (QED) is 0.302. The zero-order valence-corrected chi connectivity index (χ0v) is 17.5. The molecule has 0 aliphatic carbocycles. The van der Waals surface area contributed by atoms with Crippen LogP contribution in [0.2, 0.25) is 36.3 Å². The SMILES string of the molecule is C=CC[Si](CC=C)(CC=C)O[Si](CC=C)(CC=C)CC=C.CCO. The molecule has 0 unspecified atom stereocenters. The van der Waals surface area contributed by atoms with Gasteiger partial charge in [0.1, 0.15) is 0 Å². The fourth-order valence-electron chi connectivity index (χ4n) is 2.79. The highest BCUT2D eigenvalue weighted by Gasteiger charge is 2.41. The summed E-state index contributed by atoms with van der Waals surface area (Å²) in [7, 11) is -3.96. The van der Waals surface area contributed by atoms with Crippen LogP contribution in [0, 0.1) is 0 Å². The van der Waals surface area contributed by atoms with Gasteiger partial charge in [-0.05, 0) is 43.2 Å². The molecule has 0 bridgehead atoms. The summed E-state index contributed by atoms with van der Waals surface area (Å²) in [6.07, 6.45) is 11.9. The van der Waals surface area contributed by atoms with Crippen molar-refractivity contribution in [3.63, 3.8) is 0 Å². The van der Waals surface area contributed by atoms with Crippen LogP contribution in [0.15, 0.2) is 75.9 Å². The van der Waals surface area contributed by atoms with E-state index in [9.17, 15) is 0 Å². The summed E-state index contributed by atoms with van der Waals surface area (Å²) in [5.41, 5.74) is 0. The Morgan fingerprint density at radius 1 is 0.625 bits per heavy atom. The maximum Gasteiger partial charge on any atom is 0.191 e. The van der Waals surface area contributed by atoms with E-state index in [1.807, 2.05) is 36.5 Å². The van der Waals surface area contributed by atoms with Crippen LogP contribution in [0.4, 0.5) is 0 Å². The molecule has 0 spiro atoms. The van der Waals surface area contributed by atoms with E-state index in [2.05, 4.69) is 39.5 Å². The Morgan fingerprint density at radius 2 is 0.792 bits per heavy atom. The number of aliphatic hydroxyl groups is 1. The molecule has 0 heterocycles. The number of hydrogen-bond donors (Lipinski definition) is 1. The van der Waals surface area contributed by atoms with Crippen LogP contribution in [-0.4, -0.2) is 28.3 Å². The Bertz CT molecular complexity index is 313. The van der Waals surface area contributed by atoms with E-state index < -0.39 is 16.6 Å². The Morgan fingerprint density at radius 3 is 0.917 bits per heavy atom. The third-order valence-corrected chi connectivity index (χ3v) is 13.2. The van der Waals surface area contributed by atoms with Crippen LogP contribution < -0.4 is 0 Å². The van der Waals surface area contributed by atoms with E-state index in [-0.39, 0.29) is 6.61 Å². The number of rotatable bonds is 14. The average Bonchev–Trinajstić information content (AvgIpc) is 2.49. The van der Waals surface area contributed by atoms with Gasteiger partial charge in [0.05, 0.1) is 0 Å². The van der Waals surface area contributed by atoms with Gasteiger partial charge in [-0.25, -0.2) is 0 Å². The van der Waals surface area contributed by atoms with Gasteiger partial charge in [-0.2, -0.15) is 0 Å². The first-order valence-corrected chi connectivity index (χ1v) is 13.5. The Kier molecular flexibility index (Phi) is 16.0. The van der Waals surface area contributed by atoms with E-state index in [1.165, 1.54) is 0 Å². The third-order valence-electron chi connectivity index (χ3n) is 3.53. The topological polar surface area (TPSA) is 29.5 Å². The summed E-state index contributed by atoms with van der Waals surface area (Å²) in [5.74, 6) is 0. The normalized spacial score (nSPS) is 10.8. The molecule has 0 atom stereocenters. The number of hydrogen-bond acceptors (Lipinski definition) is 2. The summed E-state index contributed by atoms with van der Waals surface area (Å²) in [5, 5.41) is 7.57. The highest BCUT2D eigenvalue weighted by Crippen LogP contribution is 2.34. The molecule has 0 rings (SSSR count). The Balaban J connectivity index is 0. The van der Waals surface area contributed by atoms with Gasteiger partial charge in [-0.3, -0.25) is 0 Å². The van der Waals surface area contributed by atoms with E-state index in [0.717, 1.165) is 36.3 Å². The van der Waals surface area contributed by atoms with Crippen molar-refractivity contribution in [3.8, 4) is 0 Å². The van der Waals surface area contributed by atoms with E-state index in [4.69, 9.17) is 9.22 Å². The molecule has 0 saturated heterocycles. The summed E-state index contributed by atoms with van der Waals surface area (Å²) in [6.45, 7) is 25.4. The first-order chi connectivity index (χ1) is 11.5. The molecule has 2 nitrogen and oxygen atoms in total. The first-order valence-electron chi connectivity index (χ1n) is 8.45. The van der Waals surface area contributed by atoms with Crippen molar-refractivity contribution < 1.29 is 9.22 Å². The lowest BCUT2D eigenvalue weighted by atomic mass is 10.7. The fraction of sp³-hybridized carbons (Fsp3) is 0.400. The number of allylic oxidation sites excluding steroid dienone is 6. The standard InChI is InChI=1S/C18H30OSi2.C2H6O/c1-7-13-20(14-8-2,15-9-3)19-21(16-10-4,17-11-5)18-12-6;1-2-3/h7-12H,1-6,13-18H2;3H,2H2,1H3. The molecule has 1 N–H and O–H groups in total. The van der Waals surface area contributed by atoms with Gasteiger partial charge in [-0.15, -0.1) is 39.5 Å². The molecule has 0 aliphatic heterocycles. The Labute approximate surface area is 151 Å². The van der Waals surface area contributed by atoms with Crippen molar-refractivity contribution >= 4 is 16.6 Å². The molecule has 0 fully saturated rings. The third kappa shape index (κ3) is 9.83. The second-order valence-electron chi connectivity index (χ2n) is 5.74. The van der Waals surface area contributed by atoms with Crippen LogP contribution in [0.1, 0.15) is 6.92 Å². The molecule has 0 aliphatic rings. The minimum Gasteiger partial charge on any atom is -0.453 e. The molecule has 136 valence electrons. The molecular formula is C20H36O2Si2. The van der Waals surface area contributed by atoms with Crippen LogP contribution in [0.3, 0.4) is 0 Å². The van der Waals surface area contributed by atoms with Gasteiger partial charge >= 0.3 is 0 Å².